The minimum Gasteiger partial charge on any atom is -0.493 e. The molecule has 0 unspecified atom stereocenters. The molecule has 0 saturated heterocycles. The summed E-state index contributed by atoms with van der Waals surface area (Å²) in [7, 11) is 3.12. The predicted molar refractivity (Wildman–Crippen MR) is 111 cm³/mol. The van der Waals surface area contributed by atoms with Crippen LogP contribution in [0.25, 0.3) is 11.6 Å². The highest BCUT2D eigenvalue weighted by Crippen LogP contribution is 2.38. The van der Waals surface area contributed by atoms with Crippen molar-refractivity contribution in [1.82, 2.24) is 0 Å². The lowest BCUT2D eigenvalue weighted by Crippen LogP contribution is -2.01. The van der Waals surface area contributed by atoms with Gasteiger partial charge < -0.3 is 18.9 Å². The van der Waals surface area contributed by atoms with Crippen molar-refractivity contribution in [3.63, 3.8) is 0 Å². The van der Waals surface area contributed by atoms with E-state index >= 15 is 0 Å². The Balaban J connectivity index is 2.48. The van der Waals surface area contributed by atoms with Crippen LogP contribution < -0.4 is 18.9 Å². The van der Waals surface area contributed by atoms with Gasteiger partial charge in [0.25, 0.3) is 0 Å². The van der Waals surface area contributed by atoms with Crippen molar-refractivity contribution in [2.75, 3.05) is 27.4 Å². The number of allylic oxidation sites excluding steroid dienone is 1. The number of hydrogen-bond donors (Lipinski definition) is 0. The molecule has 0 amide bonds. The highest BCUT2D eigenvalue weighted by atomic mass is 35.5. The van der Waals surface area contributed by atoms with Crippen LogP contribution in [0.5, 0.6) is 23.0 Å². The number of nitriles is 1. The fourth-order valence-electron chi connectivity index (χ4n) is 2.63. The van der Waals surface area contributed by atoms with E-state index in [-0.39, 0.29) is 0 Å². The molecule has 148 valence electrons. The van der Waals surface area contributed by atoms with Crippen LogP contribution in [-0.4, -0.2) is 27.4 Å². The zero-order valence-corrected chi connectivity index (χ0v) is 17.3. The number of hydrogen-bond acceptors (Lipinski definition) is 5. The fourth-order valence-corrected chi connectivity index (χ4v) is 2.90. The van der Waals surface area contributed by atoms with Gasteiger partial charge in [-0.25, -0.2) is 0 Å². The summed E-state index contributed by atoms with van der Waals surface area (Å²) < 4.78 is 22.0. The van der Waals surface area contributed by atoms with E-state index in [2.05, 4.69) is 6.07 Å². The number of methoxy groups -OCH3 is 2. The second kappa shape index (κ2) is 10.5. The second-order valence-electron chi connectivity index (χ2n) is 5.85. The standard InChI is InChI=1S/C22H24ClNO4/c1-5-9-28-22-18(23)11-15(12-21(22)27-6-2)10-17(14-24)16-7-8-19(25-3)20(13-16)26-4/h7-8,10-13H,5-6,9H2,1-4H3/b17-10+. The van der Waals surface area contributed by atoms with Gasteiger partial charge in [0, 0.05) is 0 Å². The van der Waals surface area contributed by atoms with E-state index in [0.717, 1.165) is 12.0 Å². The van der Waals surface area contributed by atoms with Gasteiger partial charge in [-0.15, -0.1) is 0 Å². The van der Waals surface area contributed by atoms with Gasteiger partial charge >= 0.3 is 0 Å². The minimum atomic E-state index is 0.440. The first kappa shape index (κ1) is 21.5. The van der Waals surface area contributed by atoms with Gasteiger partial charge in [-0.3, -0.25) is 0 Å². The summed E-state index contributed by atoms with van der Waals surface area (Å²) in [6.07, 6.45) is 2.61. The van der Waals surface area contributed by atoms with Crippen molar-refractivity contribution in [3.8, 4) is 29.1 Å². The Hall–Kier alpha value is -2.84. The Labute approximate surface area is 171 Å². The second-order valence-corrected chi connectivity index (χ2v) is 6.26. The average molecular weight is 402 g/mol. The summed E-state index contributed by atoms with van der Waals surface area (Å²) in [4.78, 5) is 0. The molecule has 0 heterocycles. The Bertz CT molecular complexity index is 887. The lowest BCUT2D eigenvalue weighted by molar-refractivity contribution is 0.277. The predicted octanol–water partition coefficient (Wildman–Crippen LogP) is 5.61. The van der Waals surface area contributed by atoms with Gasteiger partial charge in [-0.2, -0.15) is 5.26 Å². The average Bonchev–Trinajstić information content (AvgIpc) is 2.71. The summed E-state index contributed by atoms with van der Waals surface area (Å²) in [6, 6.07) is 11.1. The third kappa shape index (κ3) is 5.11. The molecule has 2 rings (SSSR count). The van der Waals surface area contributed by atoms with Crippen LogP contribution in [-0.2, 0) is 0 Å². The SMILES string of the molecule is CCCOc1c(Cl)cc(/C=C(\C#N)c2ccc(OC)c(OC)c2)cc1OCC. The molecule has 2 aromatic carbocycles. The first-order valence-corrected chi connectivity index (χ1v) is 9.39. The molecule has 0 radical (unpaired) electrons. The highest BCUT2D eigenvalue weighted by Gasteiger charge is 2.13. The molecule has 0 aliphatic rings. The van der Waals surface area contributed by atoms with E-state index < -0.39 is 0 Å². The molecular formula is C22H24ClNO4. The number of rotatable bonds is 9. The van der Waals surface area contributed by atoms with Crippen LogP contribution in [0.3, 0.4) is 0 Å². The Kier molecular flexibility index (Phi) is 8.03. The van der Waals surface area contributed by atoms with E-state index in [4.69, 9.17) is 30.5 Å². The summed E-state index contributed by atoms with van der Waals surface area (Å²) >= 11 is 6.41. The van der Waals surface area contributed by atoms with E-state index in [1.165, 1.54) is 0 Å². The smallest absolute Gasteiger partial charge is 0.179 e. The molecule has 0 spiro atoms. The number of benzene rings is 2. The van der Waals surface area contributed by atoms with Crippen LogP contribution in [0, 0.1) is 11.3 Å². The molecule has 0 saturated carbocycles. The zero-order chi connectivity index (χ0) is 20.5. The van der Waals surface area contributed by atoms with Crippen LogP contribution in [0.2, 0.25) is 5.02 Å². The van der Waals surface area contributed by atoms with Gasteiger partial charge in [0.15, 0.2) is 23.0 Å². The third-order valence-corrected chi connectivity index (χ3v) is 4.19. The quantitative estimate of drug-likeness (QED) is 0.403. The summed E-state index contributed by atoms with van der Waals surface area (Å²) in [6.45, 7) is 4.94. The molecule has 6 heteroatoms. The number of nitrogens with zero attached hydrogens (tertiary/aromatic N) is 1. The molecule has 5 nitrogen and oxygen atoms in total. The van der Waals surface area contributed by atoms with Gasteiger partial charge in [-0.1, -0.05) is 18.5 Å². The van der Waals surface area contributed by atoms with Crippen LogP contribution >= 0.6 is 11.6 Å². The van der Waals surface area contributed by atoms with Crippen molar-refractivity contribution in [1.29, 1.82) is 5.26 Å². The maximum atomic E-state index is 9.66. The Morgan fingerprint density at radius 3 is 2.39 bits per heavy atom. The van der Waals surface area contributed by atoms with Crippen molar-refractivity contribution in [2.45, 2.75) is 20.3 Å². The van der Waals surface area contributed by atoms with Crippen LogP contribution in [0.4, 0.5) is 0 Å². The van der Waals surface area contributed by atoms with Crippen LogP contribution in [0.1, 0.15) is 31.4 Å². The third-order valence-electron chi connectivity index (χ3n) is 3.91. The van der Waals surface area contributed by atoms with Crippen molar-refractivity contribution >= 4 is 23.3 Å². The normalized spacial score (nSPS) is 10.9. The summed E-state index contributed by atoms with van der Waals surface area (Å²) in [5, 5.41) is 10.1. The fraction of sp³-hybridized carbons (Fsp3) is 0.318. The molecular weight excluding hydrogens is 378 g/mol. The van der Waals surface area contributed by atoms with Crippen molar-refractivity contribution in [3.05, 3.63) is 46.5 Å². The molecule has 0 aromatic heterocycles. The number of ether oxygens (including phenoxy) is 4. The molecule has 2 aromatic rings. The molecule has 0 N–H and O–H groups in total. The first-order chi connectivity index (χ1) is 13.6. The maximum Gasteiger partial charge on any atom is 0.179 e. The molecule has 28 heavy (non-hydrogen) atoms. The Morgan fingerprint density at radius 1 is 1.04 bits per heavy atom. The molecule has 0 atom stereocenters. The maximum absolute atomic E-state index is 9.66. The summed E-state index contributed by atoms with van der Waals surface area (Å²) in [5.41, 5.74) is 1.91. The van der Waals surface area contributed by atoms with E-state index in [1.54, 1.807) is 44.6 Å². The largest absolute Gasteiger partial charge is 0.493 e. The number of halogens is 1. The van der Waals surface area contributed by atoms with Gasteiger partial charge in [0.2, 0.25) is 0 Å². The van der Waals surface area contributed by atoms with Gasteiger partial charge in [-0.05, 0) is 60.9 Å². The van der Waals surface area contributed by atoms with Gasteiger partial charge in [0.1, 0.15) is 0 Å². The summed E-state index contributed by atoms with van der Waals surface area (Å²) in [5.74, 6) is 2.23. The first-order valence-electron chi connectivity index (χ1n) is 9.01. The van der Waals surface area contributed by atoms with Crippen molar-refractivity contribution in [2.24, 2.45) is 0 Å². The van der Waals surface area contributed by atoms with Gasteiger partial charge in [0.05, 0.1) is 44.1 Å². The van der Waals surface area contributed by atoms with E-state index in [9.17, 15) is 5.26 Å². The lowest BCUT2D eigenvalue weighted by atomic mass is 10.0. The molecule has 0 fully saturated rings. The monoisotopic (exact) mass is 401 g/mol. The van der Waals surface area contributed by atoms with E-state index in [0.29, 0.717) is 52.4 Å². The minimum absolute atomic E-state index is 0.440. The molecule has 0 aliphatic carbocycles. The topological polar surface area (TPSA) is 60.7 Å². The van der Waals surface area contributed by atoms with Crippen LogP contribution in [0.15, 0.2) is 30.3 Å². The Morgan fingerprint density at radius 2 is 1.79 bits per heavy atom. The molecule has 0 bridgehead atoms. The van der Waals surface area contributed by atoms with Crippen molar-refractivity contribution < 1.29 is 18.9 Å². The lowest BCUT2D eigenvalue weighted by Gasteiger charge is -2.14. The molecule has 0 aliphatic heterocycles. The zero-order valence-electron chi connectivity index (χ0n) is 16.5. The van der Waals surface area contributed by atoms with E-state index in [1.807, 2.05) is 19.9 Å². The highest BCUT2D eigenvalue weighted by molar-refractivity contribution is 6.32.